The lowest BCUT2D eigenvalue weighted by Gasteiger charge is -2.31. The molecule has 3 rings (SSSR count). The molecule has 0 bridgehead atoms. The number of nitriles is 1. The fraction of sp³-hybridized carbons (Fsp3) is 0.440. The van der Waals surface area contributed by atoms with E-state index in [0.29, 0.717) is 23.1 Å². The van der Waals surface area contributed by atoms with Gasteiger partial charge in [0.15, 0.2) is 11.5 Å². The number of nitrogens with zero attached hydrogens (tertiary/aromatic N) is 2. The van der Waals surface area contributed by atoms with Crippen molar-refractivity contribution in [3.63, 3.8) is 0 Å². The molecule has 10 nitrogen and oxygen atoms in total. The second-order valence-corrected chi connectivity index (χ2v) is 11.2. The Hall–Kier alpha value is -3.33. The average Bonchev–Trinajstić information content (AvgIpc) is 3.30. The quantitative estimate of drug-likeness (QED) is 0.433. The maximum Gasteiger partial charge on any atom is 0.427 e. The zero-order valence-electron chi connectivity index (χ0n) is 20.5. The SMILES string of the molecule is CC(O)C(Cc1ccccc1)NC(=O)ON(CC(C)(C)CCC#N)S(=O)(=O)c1ccc2c(c1)OCO2. The number of nitrogens with one attached hydrogen (secondary N) is 1. The number of hydrogen-bond acceptors (Lipinski definition) is 8. The Kier molecular flexibility index (Phi) is 8.79. The van der Waals surface area contributed by atoms with Crippen LogP contribution < -0.4 is 14.8 Å². The number of amides is 1. The van der Waals surface area contributed by atoms with Crippen molar-refractivity contribution in [3.05, 3.63) is 54.1 Å². The average molecular weight is 518 g/mol. The molecule has 36 heavy (non-hydrogen) atoms. The van der Waals surface area contributed by atoms with Crippen LogP contribution in [0.15, 0.2) is 53.4 Å². The van der Waals surface area contributed by atoms with Crippen LogP contribution in [-0.2, 0) is 21.3 Å². The fourth-order valence-electron chi connectivity index (χ4n) is 3.62. The first-order valence-corrected chi connectivity index (χ1v) is 13.0. The number of fused-ring (bicyclic) bond motifs is 1. The van der Waals surface area contributed by atoms with Crippen molar-refractivity contribution in [2.24, 2.45) is 5.41 Å². The van der Waals surface area contributed by atoms with Crippen LogP contribution in [0.4, 0.5) is 4.79 Å². The Labute approximate surface area is 211 Å². The number of hydroxylamine groups is 1. The van der Waals surface area contributed by atoms with E-state index in [1.54, 1.807) is 13.8 Å². The Morgan fingerprint density at radius 3 is 2.58 bits per heavy atom. The van der Waals surface area contributed by atoms with Crippen LogP contribution in [0.2, 0.25) is 0 Å². The van der Waals surface area contributed by atoms with Gasteiger partial charge in [-0.05, 0) is 47.3 Å². The second kappa shape index (κ2) is 11.6. The maximum absolute atomic E-state index is 13.5. The number of ether oxygens (including phenoxy) is 2. The molecule has 0 aromatic heterocycles. The zero-order valence-corrected chi connectivity index (χ0v) is 21.3. The first-order chi connectivity index (χ1) is 17.0. The summed E-state index contributed by atoms with van der Waals surface area (Å²) < 4.78 is 38.3. The number of carbonyl (C=O) groups is 1. The van der Waals surface area contributed by atoms with E-state index in [1.165, 1.54) is 25.1 Å². The summed E-state index contributed by atoms with van der Waals surface area (Å²) in [4.78, 5) is 18.1. The maximum atomic E-state index is 13.5. The molecular formula is C25H31N3O7S. The first kappa shape index (κ1) is 27.3. The summed E-state index contributed by atoms with van der Waals surface area (Å²) in [7, 11) is -4.32. The van der Waals surface area contributed by atoms with Gasteiger partial charge in [0.05, 0.1) is 29.7 Å². The summed E-state index contributed by atoms with van der Waals surface area (Å²) in [6, 6.07) is 14.7. The van der Waals surface area contributed by atoms with Crippen molar-refractivity contribution in [3.8, 4) is 17.6 Å². The Bertz CT molecular complexity index is 1190. The van der Waals surface area contributed by atoms with E-state index in [-0.39, 0.29) is 30.4 Å². The lowest BCUT2D eigenvalue weighted by molar-refractivity contribution is -0.0468. The molecule has 0 fully saturated rings. The molecule has 2 aromatic rings. The highest BCUT2D eigenvalue weighted by molar-refractivity contribution is 7.89. The molecular weight excluding hydrogens is 486 g/mol. The molecule has 0 saturated heterocycles. The zero-order chi connectivity index (χ0) is 26.3. The van der Waals surface area contributed by atoms with E-state index >= 15 is 0 Å². The lowest BCUT2D eigenvalue weighted by atomic mass is 9.88. The van der Waals surface area contributed by atoms with Crippen molar-refractivity contribution in [2.45, 2.75) is 57.1 Å². The molecule has 2 N–H and O–H groups in total. The van der Waals surface area contributed by atoms with E-state index in [4.69, 9.17) is 19.6 Å². The van der Waals surface area contributed by atoms with E-state index in [1.807, 2.05) is 30.3 Å². The largest absolute Gasteiger partial charge is 0.454 e. The van der Waals surface area contributed by atoms with Gasteiger partial charge in [-0.3, -0.25) is 0 Å². The molecule has 2 unspecified atom stereocenters. The number of sulfonamides is 1. The minimum absolute atomic E-state index is 0.0230. The third-order valence-corrected chi connectivity index (χ3v) is 7.34. The van der Waals surface area contributed by atoms with Crippen LogP contribution in [0.25, 0.3) is 0 Å². The molecule has 194 valence electrons. The summed E-state index contributed by atoms with van der Waals surface area (Å²) in [5.74, 6) is 0.676. The monoisotopic (exact) mass is 517 g/mol. The van der Waals surface area contributed by atoms with Gasteiger partial charge in [0, 0.05) is 12.5 Å². The van der Waals surface area contributed by atoms with Gasteiger partial charge >= 0.3 is 6.09 Å². The van der Waals surface area contributed by atoms with Crippen molar-refractivity contribution in [2.75, 3.05) is 13.3 Å². The summed E-state index contributed by atoms with van der Waals surface area (Å²) in [5, 5.41) is 21.8. The van der Waals surface area contributed by atoms with Crippen molar-refractivity contribution in [1.82, 2.24) is 9.79 Å². The predicted octanol–water partition coefficient (Wildman–Crippen LogP) is 3.37. The van der Waals surface area contributed by atoms with Gasteiger partial charge < -0.3 is 24.7 Å². The van der Waals surface area contributed by atoms with Crippen LogP contribution >= 0.6 is 0 Å². The standard InChI is InChI=1S/C25H31N3O7S/c1-18(29)21(14-19-8-5-4-6-9-19)27-24(30)35-28(16-25(2,3)12-7-13-26)36(31,32)20-10-11-22-23(15-20)34-17-33-22/h4-6,8-11,15,18,21,29H,7,12,14,16-17H2,1-3H3,(H,27,30). The number of benzene rings is 2. The van der Waals surface area contributed by atoms with Gasteiger partial charge in [-0.1, -0.05) is 44.2 Å². The number of carbonyl (C=O) groups excluding carboxylic acids is 1. The smallest absolute Gasteiger partial charge is 0.427 e. The molecule has 1 aliphatic heterocycles. The second-order valence-electron chi connectivity index (χ2n) is 9.36. The predicted molar refractivity (Wildman–Crippen MR) is 130 cm³/mol. The van der Waals surface area contributed by atoms with E-state index in [2.05, 4.69) is 11.4 Å². The van der Waals surface area contributed by atoms with Crippen molar-refractivity contribution >= 4 is 16.1 Å². The highest BCUT2D eigenvalue weighted by Crippen LogP contribution is 2.35. The van der Waals surface area contributed by atoms with Gasteiger partial charge in [-0.2, -0.15) is 5.26 Å². The highest BCUT2D eigenvalue weighted by atomic mass is 32.2. The third kappa shape index (κ3) is 7.10. The normalized spacial score (nSPS) is 14.7. The fourth-order valence-corrected chi connectivity index (χ4v) is 5.04. The van der Waals surface area contributed by atoms with Gasteiger partial charge in [-0.15, -0.1) is 0 Å². The van der Waals surface area contributed by atoms with Crippen molar-refractivity contribution in [1.29, 1.82) is 5.26 Å². The minimum Gasteiger partial charge on any atom is -0.454 e. The van der Waals surface area contributed by atoms with E-state index in [0.717, 1.165) is 5.56 Å². The van der Waals surface area contributed by atoms with Crippen LogP contribution in [-0.4, -0.2) is 49.6 Å². The van der Waals surface area contributed by atoms with Crippen LogP contribution in [0.1, 0.15) is 39.2 Å². The molecule has 0 aliphatic carbocycles. The molecule has 0 radical (unpaired) electrons. The van der Waals surface area contributed by atoms with Crippen molar-refractivity contribution < 1.29 is 32.6 Å². The van der Waals surface area contributed by atoms with Crippen LogP contribution in [0.5, 0.6) is 11.5 Å². The Morgan fingerprint density at radius 1 is 1.22 bits per heavy atom. The number of rotatable bonds is 11. The summed E-state index contributed by atoms with van der Waals surface area (Å²) in [6.45, 7) is 4.87. The summed E-state index contributed by atoms with van der Waals surface area (Å²) >= 11 is 0. The van der Waals surface area contributed by atoms with Crippen LogP contribution in [0.3, 0.4) is 0 Å². The summed E-state index contributed by atoms with van der Waals surface area (Å²) in [6.07, 6.45) is -1.05. The van der Waals surface area contributed by atoms with Crippen LogP contribution in [0, 0.1) is 16.7 Å². The number of aliphatic hydroxyl groups is 1. The van der Waals surface area contributed by atoms with Gasteiger partial charge in [0.1, 0.15) is 0 Å². The topological polar surface area (TPSA) is 138 Å². The minimum atomic E-state index is -4.32. The molecule has 0 spiro atoms. The molecule has 1 amide bonds. The van der Waals surface area contributed by atoms with Gasteiger partial charge in [0.2, 0.25) is 6.79 Å². The first-order valence-electron chi connectivity index (χ1n) is 11.5. The molecule has 1 aliphatic rings. The molecule has 1 heterocycles. The Balaban J connectivity index is 1.83. The Morgan fingerprint density at radius 2 is 1.92 bits per heavy atom. The molecule has 2 aromatic carbocycles. The van der Waals surface area contributed by atoms with E-state index < -0.39 is 33.7 Å². The van der Waals surface area contributed by atoms with Gasteiger partial charge in [0.25, 0.3) is 10.0 Å². The highest BCUT2D eigenvalue weighted by Gasteiger charge is 2.36. The van der Waals surface area contributed by atoms with Gasteiger partial charge in [-0.25, -0.2) is 13.2 Å². The molecule has 2 atom stereocenters. The lowest BCUT2D eigenvalue weighted by Crippen LogP contribution is -2.48. The number of aliphatic hydroxyl groups excluding tert-OH is 1. The van der Waals surface area contributed by atoms with E-state index in [9.17, 15) is 18.3 Å². The summed E-state index contributed by atoms with van der Waals surface area (Å²) in [5.41, 5.74) is 0.193. The third-order valence-electron chi connectivity index (χ3n) is 5.75. The number of hydrogen-bond donors (Lipinski definition) is 2. The molecule has 11 heteroatoms. The molecule has 0 saturated carbocycles.